The average molecular weight is 347 g/mol. The monoisotopic (exact) mass is 346 g/mol. The highest BCUT2D eigenvalue weighted by atomic mass is 79.9. The van der Waals surface area contributed by atoms with Gasteiger partial charge < -0.3 is 9.73 Å². The summed E-state index contributed by atoms with van der Waals surface area (Å²) in [5.74, 6) is -0.745. The lowest BCUT2D eigenvalue weighted by atomic mass is 10.1. The molecule has 106 valence electrons. The molecule has 0 spiro atoms. The fourth-order valence-corrected chi connectivity index (χ4v) is 2.50. The zero-order chi connectivity index (χ0) is 15.0. The van der Waals surface area contributed by atoms with Crippen molar-refractivity contribution in [3.63, 3.8) is 0 Å². The summed E-state index contributed by atoms with van der Waals surface area (Å²) in [5.41, 5.74) is 3.11. The maximum Gasteiger partial charge on any atom is 0.417 e. The molecule has 6 heteroatoms. The molecule has 2 N–H and O–H groups in total. The first-order valence-corrected chi connectivity index (χ1v) is 7.03. The molecule has 3 rings (SSSR count). The summed E-state index contributed by atoms with van der Waals surface area (Å²) in [6, 6.07) is 10.5. The quantitative estimate of drug-likeness (QED) is 0.746. The van der Waals surface area contributed by atoms with Gasteiger partial charge in [0.1, 0.15) is 0 Å². The number of benzene rings is 2. The molecule has 0 aliphatic heterocycles. The minimum absolute atomic E-state index is 0.226. The lowest BCUT2D eigenvalue weighted by Gasteiger charge is -2.08. The number of hydrogen-bond acceptors (Lipinski definition) is 3. The van der Waals surface area contributed by atoms with Crippen LogP contribution in [0.25, 0.3) is 11.1 Å². The number of anilines is 1. The second kappa shape index (κ2) is 5.21. The molecule has 0 unspecified atom stereocenters. The van der Waals surface area contributed by atoms with Crippen molar-refractivity contribution >= 4 is 38.6 Å². The number of oxazole rings is 1. The van der Waals surface area contributed by atoms with Crippen molar-refractivity contribution in [3.8, 4) is 0 Å². The van der Waals surface area contributed by atoms with E-state index in [1.807, 2.05) is 19.1 Å². The third kappa shape index (κ3) is 2.62. The molecule has 5 nitrogen and oxygen atoms in total. The first kappa shape index (κ1) is 13.6. The van der Waals surface area contributed by atoms with E-state index >= 15 is 0 Å². The fraction of sp³-hybridized carbons (Fsp3) is 0.0667. The Kier molecular flexibility index (Phi) is 3.39. The fourth-order valence-electron chi connectivity index (χ4n) is 2.05. The number of rotatable bonds is 2. The molecule has 3 aromatic rings. The number of carbonyl (C=O) groups is 1. The Morgan fingerprint density at radius 2 is 2.10 bits per heavy atom. The van der Waals surface area contributed by atoms with E-state index in [1.54, 1.807) is 24.3 Å². The number of hydrogen-bond donors (Lipinski definition) is 2. The second-order valence-electron chi connectivity index (χ2n) is 4.62. The van der Waals surface area contributed by atoms with Gasteiger partial charge >= 0.3 is 5.76 Å². The summed E-state index contributed by atoms with van der Waals surface area (Å²) < 4.78 is 5.68. The van der Waals surface area contributed by atoms with Crippen LogP contribution in [0.3, 0.4) is 0 Å². The molecule has 1 amide bonds. The molecule has 0 aliphatic carbocycles. The summed E-state index contributed by atoms with van der Waals surface area (Å²) in [6.45, 7) is 1.92. The highest BCUT2D eigenvalue weighted by molar-refractivity contribution is 9.10. The van der Waals surface area contributed by atoms with Gasteiger partial charge in [0.15, 0.2) is 5.58 Å². The van der Waals surface area contributed by atoms with Crippen LogP contribution in [-0.2, 0) is 0 Å². The largest absolute Gasteiger partial charge is 0.417 e. The van der Waals surface area contributed by atoms with E-state index in [0.717, 1.165) is 10.0 Å². The van der Waals surface area contributed by atoms with Gasteiger partial charge in [-0.1, -0.05) is 12.1 Å². The van der Waals surface area contributed by atoms with E-state index in [2.05, 4.69) is 26.2 Å². The van der Waals surface area contributed by atoms with Crippen LogP contribution < -0.4 is 11.1 Å². The van der Waals surface area contributed by atoms with Gasteiger partial charge in [0.25, 0.3) is 5.91 Å². The van der Waals surface area contributed by atoms with Crippen LogP contribution in [-0.4, -0.2) is 10.9 Å². The van der Waals surface area contributed by atoms with Crippen molar-refractivity contribution in [1.29, 1.82) is 0 Å². The summed E-state index contributed by atoms with van der Waals surface area (Å²) in [6.07, 6.45) is 0. The Hall–Kier alpha value is -2.34. The van der Waals surface area contributed by atoms with E-state index in [1.165, 1.54) is 0 Å². The molecule has 0 radical (unpaired) electrons. The number of H-pyrrole nitrogens is 1. The van der Waals surface area contributed by atoms with Crippen molar-refractivity contribution < 1.29 is 9.21 Å². The smallest absolute Gasteiger partial charge is 0.408 e. The van der Waals surface area contributed by atoms with Gasteiger partial charge in [-0.05, 0) is 52.7 Å². The van der Waals surface area contributed by atoms with Gasteiger partial charge in [0, 0.05) is 10.2 Å². The first-order chi connectivity index (χ1) is 10.0. The maximum absolute atomic E-state index is 12.3. The van der Waals surface area contributed by atoms with Crippen LogP contribution in [0, 0.1) is 6.92 Å². The van der Waals surface area contributed by atoms with Crippen molar-refractivity contribution in [1.82, 2.24) is 4.98 Å². The van der Waals surface area contributed by atoms with E-state index in [9.17, 15) is 9.59 Å². The predicted molar refractivity (Wildman–Crippen MR) is 83.7 cm³/mol. The molecule has 0 aliphatic rings. The SMILES string of the molecule is Cc1cccc(C(=O)Nc2ccc3oc(=O)[nH]c3c2)c1Br. The minimum atomic E-state index is -0.519. The Balaban J connectivity index is 1.92. The Morgan fingerprint density at radius 3 is 2.90 bits per heavy atom. The van der Waals surface area contributed by atoms with Crippen LogP contribution in [0.4, 0.5) is 5.69 Å². The summed E-state index contributed by atoms with van der Waals surface area (Å²) in [7, 11) is 0. The average Bonchev–Trinajstić information content (AvgIpc) is 2.81. The summed E-state index contributed by atoms with van der Waals surface area (Å²) in [4.78, 5) is 26.0. The van der Waals surface area contributed by atoms with Crippen LogP contribution >= 0.6 is 15.9 Å². The Labute approximate surface area is 128 Å². The number of aromatic amines is 1. The molecule has 1 aromatic heterocycles. The highest BCUT2D eigenvalue weighted by Gasteiger charge is 2.12. The molecule has 0 bridgehead atoms. The lowest BCUT2D eigenvalue weighted by molar-refractivity contribution is 0.102. The highest BCUT2D eigenvalue weighted by Crippen LogP contribution is 2.23. The molecule has 1 heterocycles. The third-order valence-corrected chi connectivity index (χ3v) is 4.17. The Morgan fingerprint density at radius 1 is 1.29 bits per heavy atom. The van der Waals surface area contributed by atoms with Gasteiger partial charge in [-0.15, -0.1) is 0 Å². The van der Waals surface area contributed by atoms with E-state index in [0.29, 0.717) is 22.4 Å². The molecule has 0 saturated carbocycles. The third-order valence-electron chi connectivity index (χ3n) is 3.11. The number of halogens is 1. The van der Waals surface area contributed by atoms with E-state index in [4.69, 9.17) is 4.42 Å². The van der Waals surface area contributed by atoms with Gasteiger partial charge in [-0.25, -0.2) is 4.79 Å². The van der Waals surface area contributed by atoms with E-state index < -0.39 is 5.76 Å². The number of nitrogens with one attached hydrogen (secondary N) is 2. The molecule has 21 heavy (non-hydrogen) atoms. The van der Waals surface area contributed by atoms with Crippen LogP contribution in [0.15, 0.2) is 50.1 Å². The number of aryl methyl sites for hydroxylation is 1. The number of fused-ring (bicyclic) bond motifs is 1. The van der Waals surface area contributed by atoms with Crippen molar-refractivity contribution in [3.05, 3.63) is 62.5 Å². The van der Waals surface area contributed by atoms with Gasteiger partial charge in [0.2, 0.25) is 0 Å². The van der Waals surface area contributed by atoms with Crippen LogP contribution in [0.2, 0.25) is 0 Å². The van der Waals surface area contributed by atoms with E-state index in [-0.39, 0.29) is 5.91 Å². The lowest BCUT2D eigenvalue weighted by Crippen LogP contribution is -2.12. The summed E-state index contributed by atoms with van der Waals surface area (Å²) >= 11 is 3.41. The summed E-state index contributed by atoms with van der Waals surface area (Å²) in [5, 5.41) is 2.80. The standard InChI is InChI=1S/C15H11BrN2O3/c1-8-3-2-4-10(13(8)16)14(19)17-9-5-6-12-11(7-9)18-15(20)21-12/h2-7H,1H3,(H,17,19)(H,18,20). The maximum atomic E-state index is 12.3. The van der Waals surface area contributed by atoms with Crippen LogP contribution in [0.5, 0.6) is 0 Å². The van der Waals surface area contributed by atoms with Crippen molar-refractivity contribution in [2.45, 2.75) is 6.92 Å². The number of amides is 1. The Bertz CT molecular complexity index is 895. The van der Waals surface area contributed by atoms with Crippen molar-refractivity contribution in [2.24, 2.45) is 0 Å². The molecule has 0 saturated heterocycles. The minimum Gasteiger partial charge on any atom is -0.408 e. The second-order valence-corrected chi connectivity index (χ2v) is 5.41. The molecular weight excluding hydrogens is 336 g/mol. The predicted octanol–water partition coefficient (Wildman–Crippen LogP) is 3.44. The van der Waals surface area contributed by atoms with Crippen LogP contribution in [0.1, 0.15) is 15.9 Å². The topological polar surface area (TPSA) is 75.1 Å². The number of carbonyl (C=O) groups excluding carboxylic acids is 1. The van der Waals surface area contributed by atoms with Gasteiger partial charge in [-0.3, -0.25) is 9.78 Å². The van der Waals surface area contributed by atoms with Crippen molar-refractivity contribution in [2.75, 3.05) is 5.32 Å². The number of aromatic nitrogens is 1. The molecule has 0 atom stereocenters. The first-order valence-electron chi connectivity index (χ1n) is 6.24. The van der Waals surface area contributed by atoms with Gasteiger partial charge in [0.05, 0.1) is 11.1 Å². The zero-order valence-corrected chi connectivity index (χ0v) is 12.7. The molecule has 2 aromatic carbocycles. The van der Waals surface area contributed by atoms with Gasteiger partial charge in [-0.2, -0.15) is 0 Å². The normalized spacial score (nSPS) is 10.8. The molecule has 0 fully saturated rings. The molecular formula is C15H11BrN2O3. The zero-order valence-electron chi connectivity index (χ0n) is 11.1.